The van der Waals surface area contributed by atoms with Crippen LogP contribution in [-0.2, 0) is 33.2 Å². The molecule has 14 heteroatoms. The molecular weight excluding hydrogens is 573 g/mol. The third-order valence-corrected chi connectivity index (χ3v) is 6.70. The fourth-order valence-electron chi connectivity index (χ4n) is 3.70. The lowest BCUT2D eigenvalue weighted by Crippen LogP contribution is -2.44. The van der Waals surface area contributed by atoms with Gasteiger partial charge in [-0.1, -0.05) is 54.6 Å². The number of esters is 3. The smallest absolute Gasteiger partial charge is 0.459 e. The van der Waals surface area contributed by atoms with Crippen molar-refractivity contribution in [3.8, 4) is 0 Å². The maximum absolute atomic E-state index is 13.3. The summed E-state index contributed by atoms with van der Waals surface area (Å²) < 4.78 is 89.5. The predicted octanol–water partition coefficient (Wildman–Crippen LogP) is 3.89. The molecule has 1 aliphatic heterocycles. The van der Waals surface area contributed by atoms with Crippen molar-refractivity contribution in [2.45, 2.75) is 30.1 Å². The van der Waals surface area contributed by atoms with Gasteiger partial charge in [0.15, 0.2) is 12.2 Å². The van der Waals surface area contributed by atoms with Gasteiger partial charge in [0, 0.05) is 0 Å². The minimum absolute atomic E-state index is 0.0466. The summed E-state index contributed by atoms with van der Waals surface area (Å²) in [5, 5.41) is 0. The molecular formula is C27H21F3O10S. The van der Waals surface area contributed by atoms with Crippen molar-refractivity contribution in [3.63, 3.8) is 0 Å². The van der Waals surface area contributed by atoms with Gasteiger partial charge < -0.3 is 18.9 Å². The third kappa shape index (κ3) is 7.28. The van der Waals surface area contributed by atoms with Gasteiger partial charge in [-0.25, -0.2) is 18.6 Å². The van der Waals surface area contributed by atoms with Gasteiger partial charge in [0.1, 0.15) is 12.7 Å². The number of rotatable bonds is 9. The van der Waals surface area contributed by atoms with Crippen LogP contribution in [0, 0.1) is 0 Å². The molecule has 3 aromatic carbocycles. The lowest BCUT2D eigenvalue weighted by Gasteiger charge is -2.24. The van der Waals surface area contributed by atoms with Crippen LogP contribution in [-0.4, -0.2) is 63.0 Å². The molecule has 1 heterocycles. The van der Waals surface area contributed by atoms with Crippen LogP contribution in [0.3, 0.4) is 0 Å². The van der Waals surface area contributed by atoms with E-state index < -0.39 is 64.7 Å². The first-order valence-corrected chi connectivity index (χ1v) is 13.3. The van der Waals surface area contributed by atoms with Crippen LogP contribution in [0.15, 0.2) is 91.0 Å². The van der Waals surface area contributed by atoms with Crippen LogP contribution >= 0.6 is 0 Å². The molecule has 4 rings (SSSR count). The largest absolute Gasteiger partial charge is 0.523 e. The van der Waals surface area contributed by atoms with Crippen molar-refractivity contribution < 1.29 is 59.1 Å². The van der Waals surface area contributed by atoms with E-state index in [-0.39, 0.29) is 16.7 Å². The van der Waals surface area contributed by atoms with Crippen LogP contribution in [0.1, 0.15) is 31.1 Å². The Balaban J connectivity index is 1.66. The minimum atomic E-state index is -6.32. The molecule has 2 unspecified atom stereocenters. The van der Waals surface area contributed by atoms with Crippen LogP contribution < -0.4 is 0 Å². The van der Waals surface area contributed by atoms with E-state index in [4.69, 9.17) is 18.9 Å². The van der Waals surface area contributed by atoms with E-state index >= 15 is 0 Å². The summed E-state index contributed by atoms with van der Waals surface area (Å²) in [4.78, 5) is 38.0. The Labute approximate surface area is 231 Å². The molecule has 3 aromatic rings. The normalized spacial score (nSPS) is 20.7. The Hall–Kier alpha value is -4.27. The minimum Gasteiger partial charge on any atom is -0.459 e. The average Bonchev–Trinajstić information content (AvgIpc) is 3.26. The summed E-state index contributed by atoms with van der Waals surface area (Å²) >= 11 is 0. The summed E-state index contributed by atoms with van der Waals surface area (Å²) in [6.07, 6.45) is -8.02. The standard InChI is InChI=1S/C27H21F3O10S/c28-27(29,30)41(34,35)40-22-21(38-24(32)18-12-6-2-7-13-18)20(16-36-23(31)17-10-4-1-5-11-17)37-26(22)39-25(33)19-14-8-3-9-15-19/h1-15,20-22,26H,16H2/t20-,21?,22?,26-/m1/s1. The van der Waals surface area contributed by atoms with Crippen molar-refractivity contribution in [1.82, 2.24) is 0 Å². The SMILES string of the molecule is O=C(OC[C@H]1O[C@H](OC(=O)c2ccccc2)C(OS(=O)(=O)C(F)(F)F)C1OC(=O)c1ccccc1)c1ccccc1. The first kappa shape index (κ1) is 29.7. The van der Waals surface area contributed by atoms with Gasteiger partial charge in [0.05, 0.1) is 16.7 Å². The monoisotopic (exact) mass is 594 g/mol. The Morgan fingerprint density at radius 2 is 1.12 bits per heavy atom. The topological polar surface area (TPSA) is 132 Å². The Kier molecular flexibility index (Phi) is 9.05. The zero-order chi connectivity index (χ0) is 29.6. The van der Waals surface area contributed by atoms with E-state index in [1.165, 1.54) is 60.7 Å². The van der Waals surface area contributed by atoms with Gasteiger partial charge in [0.25, 0.3) is 0 Å². The van der Waals surface area contributed by atoms with Gasteiger partial charge in [0.2, 0.25) is 6.29 Å². The highest BCUT2D eigenvalue weighted by Gasteiger charge is 2.57. The van der Waals surface area contributed by atoms with Gasteiger partial charge in [-0.3, -0.25) is 0 Å². The first-order valence-electron chi connectivity index (χ1n) is 11.9. The van der Waals surface area contributed by atoms with E-state index in [1.54, 1.807) is 30.3 Å². The highest BCUT2D eigenvalue weighted by atomic mass is 32.2. The summed E-state index contributed by atoms with van der Waals surface area (Å²) in [5.41, 5.74) is -5.87. The van der Waals surface area contributed by atoms with Crippen molar-refractivity contribution >= 4 is 28.0 Å². The van der Waals surface area contributed by atoms with E-state index in [1.807, 2.05) is 0 Å². The van der Waals surface area contributed by atoms with Crippen LogP contribution in [0.25, 0.3) is 0 Å². The predicted molar refractivity (Wildman–Crippen MR) is 133 cm³/mol. The van der Waals surface area contributed by atoms with Crippen molar-refractivity contribution in [3.05, 3.63) is 108 Å². The van der Waals surface area contributed by atoms with E-state index in [0.29, 0.717) is 0 Å². The lowest BCUT2D eigenvalue weighted by molar-refractivity contribution is -0.138. The summed E-state index contributed by atoms with van der Waals surface area (Å²) in [6.45, 7) is -0.744. The number of benzene rings is 3. The first-order chi connectivity index (χ1) is 19.5. The molecule has 4 atom stereocenters. The summed E-state index contributed by atoms with van der Waals surface area (Å²) in [6, 6.07) is 22.0. The maximum atomic E-state index is 13.3. The average molecular weight is 595 g/mol. The zero-order valence-electron chi connectivity index (χ0n) is 20.8. The fourth-order valence-corrected chi connectivity index (χ4v) is 4.30. The molecule has 41 heavy (non-hydrogen) atoms. The third-order valence-electron chi connectivity index (χ3n) is 5.66. The van der Waals surface area contributed by atoms with Gasteiger partial charge >= 0.3 is 33.5 Å². The van der Waals surface area contributed by atoms with Crippen molar-refractivity contribution in [1.29, 1.82) is 0 Å². The van der Waals surface area contributed by atoms with Crippen LogP contribution in [0.2, 0.25) is 0 Å². The number of hydrogen-bond acceptors (Lipinski definition) is 10. The molecule has 0 saturated carbocycles. The molecule has 1 fully saturated rings. The maximum Gasteiger partial charge on any atom is 0.523 e. The van der Waals surface area contributed by atoms with Crippen molar-refractivity contribution in [2.75, 3.05) is 6.61 Å². The van der Waals surface area contributed by atoms with E-state index in [2.05, 4.69) is 4.18 Å². The molecule has 0 spiro atoms. The van der Waals surface area contributed by atoms with E-state index in [9.17, 15) is 36.0 Å². The molecule has 0 amide bonds. The molecule has 0 aliphatic carbocycles. The zero-order valence-corrected chi connectivity index (χ0v) is 21.6. The second-order valence-electron chi connectivity index (χ2n) is 8.48. The number of hydrogen-bond donors (Lipinski definition) is 0. The molecule has 1 aliphatic rings. The van der Waals surface area contributed by atoms with Crippen LogP contribution in [0.5, 0.6) is 0 Å². The van der Waals surface area contributed by atoms with Gasteiger partial charge in [-0.2, -0.15) is 21.6 Å². The molecule has 0 bridgehead atoms. The Morgan fingerprint density at radius 1 is 0.683 bits per heavy atom. The van der Waals surface area contributed by atoms with Gasteiger partial charge in [-0.15, -0.1) is 0 Å². The molecule has 0 radical (unpaired) electrons. The number of halogens is 3. The number of carbonyl (C=O) groups is 3. The highest BCUT2D eigenvalue weighted by molar-refractivity contribution is 7.87. The van der Waals surface area contributed by atoms with Crippen molar-refractivity contribution in [2.24, 2.45) is 0 Å². The molecule has 0 N–H and O–H groups in total. The second kappa shape index (κ2) is 12.5. The van der Waals surface area contributed by atoms with E-state index in [0.717, 1.165) is 0 Å². The second-order valence-corrected chi connectivity index (χ2v) is 10.0. The summed E-state index contributed by atoms with van der Waals surface area (Å²) in [7, 11) is -6.32. The Bertz CT molecular complexity index is 1470. The highest BCUT2D eigenvalue weighted by Crippen LogP contribution is 2.34. The van der Waals surface area contributed by atoms with Crippen LogP contribution in [0.4, 0.5) is 13.2 Å². The fraction of sp³-hybridized carbons (Fsp3) is 0.222. The molecule has 216 valence electrons. The number of carbonyl (C=O) groups excluding carboxylic acids is 3. The number of ether oxygens (including phenoxy) is 4. The van der Waals surface area contributed by atoms with Gasteiger partial charge in [-0.05, 0) is 36.4 Å². The molecule has 10 nitrogen and oxygen atoms in total. The Morgan fingerprint density at radius 3 is 1.59 bits per heavy atom. The lowest BCUT2D eigenvalue weighted by atomic mass is 10.1. The molecule has 0 aromatic heterocycles. The molecule has 1 saturated heterocycles. The summed E-state index contributed by atoms with van der Waals surface area (Å²) in [5.74, 6) is -3.07. The number of alkyl halides is 3. The quantitative estimate of drug-likeness (QED) is 0.156.